The molecule has 3 aromatic rings. The first kappa shape index (κ1) is 18.9. The summed E-state index contributed by atoms with van der Waals surface area (Å²) in [5, 5.41) is 4.23. The normalized spacial score (nSPS) is 15.5. The van der Waals surface area contributed by atoms with Crippen molar-refractivity contribution in [3.8, 4) is 0 Å². The van der Waals surface area contributed by atoms with Crippen LogP contribution in [0.3, 0.4) is 0 Å². The standard InChI is InChI=1S/C24H26N2OS/c1-17-18(2)28-24(25-23(27)20-13-7-4-8-14-20)21(17)22(26-15-9-10-16-26)19-11-5-3-6-12-19/h3-8,11-14,22H,9-10,15-16H2,1-2H3,(H,25,27)/p+1/t22-/m0/s1. The van der Waals surface area contributed by atoms with Crippen LogP contribution in [-0.2, 0) is 0 Å². The van der Waals surface area contributed by atoms with Crippen LogP contribution in [0.5, 0.6) is 0 Å². The van der Waals surface area contributed by atoms with Gasteiger partial charge in [-0.25, -0.2) is 0 Å². The number of quaternary nitrogens is 1. The van der Waals surface area contributed by atoms with Gasteiger partial charge in [-0.2, -0.15) is 0 Å². The topological polar surface area (TPSA) is 33.5 Å². The molecule has 4 rings (SSSR count). The van der Waals surface area contributed by atoms with Gasteiger partial charge in [-0.1, -0.05) is 48.5 Å². The first-order chi connectivity index (χ1) is 13.6. The summed E-state index contributed by atoms with van der Waals surface area (Å²) in [6.45, 7) is 6.72. The summed E-state index contributed by atoms with van der Waals surface area (Å²) < 4.78 is 0. The molecular weight excluding hydrogens is 364 g/mol. The second-order valence-corrected chi connectivity index (χ2v) is 8.78. The van der Waals surface area contributed by atoms with Crippen molar-refractivity contribution < 1.29 is 9.69 Å². The first-order valence-corrected chi connectivity index (χ1v) is 10.8. The fourth-order valence-electron chi connectivity index (χ4n) is 4.22. The maximum absolute atomic E-state index is 12.9. The lowest BCUT2D eigenvalue weighted by atomic mass is 9.95. The van der Waals surface area contributed by atoms with Crippen molar-refractivity contribution in [1.29, 1.82) is 0 Å². The van der Waals surface area contributed by atoms with Crippen LogP contribution < -0.4 is 10.2 Å². The number of thiophene rings is 1. The molecule has 1 amide bonds. The van der Waals surface area contributed by atoms with Crippen LogP contribution in [0, 0.1) is 13.8 Å². The van der Waals surface area contributed by atoms with E-state index in [9.17, 15) is 4.79 Å². The van der Waals surface area contributed by atoms with E-state index in [1.165, 1.54) is 47.5 Å². The van der Waals surface area contributed by atoms with Crippen molar-refractivity contribution in [3.63, 3.8) is 0 Å². The summed E-state index contributed by atoms with van der Waals surface area (Å²) in [5.74, 6) is -0.0358. The minimum Gasteiger partial charge on any atom is -0.325 e. The van der Waals surface area contributed by atoms with Gasteiger partial charge in [0.25, 0.3) is 5.91 Å². The lowest BCUT2D eigenvalue weighted by molar-refractivity contribution is -0.913. The molecule has 4 heteroatoms. The molecule has 0 aliphatic carbocycles. The quantitative estimate of drug-likeness (QED) is 0.665. The Labute approximate surface area is 171 Å². The van der Waals surface area contributed by atoms with E-state index >= 15 is 0 Å². The van der Waals surface area contributed by atoms with Gasteiger partial charge in [-0.05, 0) is 31.5 Å². The average molecular weight is 392 g/mol. The van der Waals surface area contributed by atoms with Gasteiger partial charge in [0, 0.05) is 28.8 Å². The van der Waals surface area contributed by atoms with Gasteiger partial charge < -0.3 is 10.2 Å². The van der Waals surface area contributed by atoms with E-state index in [4.69, 9.17) is 0 Å². The minimum absolute atomic E-state index is 0.0358. The van der Waals surface area contributed by atoms with Crippen LogP contribution in [0.2, 0.25) is 0 Å². The van der Waals surface area contributed by atoms with Crippen molar-refractivity contribution in [2.24, 2.45) is 0 Å². The molecular formula is C24H27N2OS+. The monoisotopic (exact) mass is 391 g/mol. The van der Waals surface area contributed by atoms with E-state index in [1.807, 2.05) is 30.3 Å². The highest BCUT2D eigenvalue weighted by Crippen LogP contribution is 2.38. The predicted molar refractivity (Wildman–Crippen MR) is 116 cm³/mol. The largest absolute Gasteiger partial charge is 0.325 e. The first-order valence-electron chi connectivity index (χ1n) is 10.0. The molecule has 1 atom stereocenters. The summed E-state index contributed by atoms with van der Waals surface area (Å²) in [5.41, 5.74) is 4.62. The smallest absolute Gasteiger partial charge is 0.256 e. The molecule has 0 saturated carbocycles. The molecule has 0 radical (unpaired) electrons. The molecule has 1 saturated heterocycles. The molecule has 1 aliphatic heterocycles. The van der Waals surface area contributed by atoms with Crippen LogP contribution in [0.15, 0.2) is 60.7 Å². The Bertz CT molecular complexity index is 943. The molecule has 0 bridgehead atoms. The molecule has 144 valence electrons. The zero-order valence-electron chi connectivity index (χ0n) is 16.5. The van der Waals surface area contributed by atoms with Gasteiger partial charge >= 0.3 is 0 Å². The third-order valence-electron chi connectivity index (χ3n) is 5.77. The molecule has 2 N–H and O–H groups in total. The maximum atomic E-state index is 12.9. The zero-order chi connectivity index (χ0) is 19.5. The number of hydrogen-bond acceptors (Lipinski definition) is 2. The highest BCUT2D eigenvalue weighted by molar-refractivity contribution is 7.16. The van der Waals surface area contributed by atoms with Gasteiger partial charge in [-0.3, -0.25) is 4.79 Å². The SMILES string of the molecule is Cc1sc(NC(=O)c2ccccc2)c([C@H](c2ccccc2)[NH+]2CCCC2)c1C. The Hall–Kier alpha value is -2.43. The molecule has 0 unspecified atom stereocenters. The van der Waals surface area contributed by atoms with Gasteiger partial charge in [0.1, 0.15) is 11.0 Å². The molecule has 1 aromatic heterocycles. The van der Waals surface area contributed by atoms with E-state index in [2.05, 4.69) is 49.5 Å². The van der Waals surface area contributed by atoms with Crippen LogP contribution in [0.25, 0.3) is 0 Å². The third-order valence-corrected chi connectivity index (χ3v) is 6.91. The van der Waals surface area contributed by atoms with Crippen LogP contribution in [-0.4, -0.2) is 19.0 Å². The number of carbonyl (C=O) groups excluding carboxylic acids is 1. The Balaban J connectivity index is 1.75. The second kappa shape index (κ2) is 8.29. The predicted octanol–water partition coefficient (Wildman–Crippen LogP) is 4.39. The van der Waals surface area contributed by atoms with Crippen molar-refractivity contribution in [3.05, 3.63) is 87.8 Å². The summed E-state index contributed by atoms with van der Waals surface area (Å²) >= 11 is 1.70. The molecule has 28 heavy (non-hydrogen) atoms. The van der Waals surface area contributed by atoms with E-state index in [1.54, 1.807) is 16.2 Å². The number of nitrogens with one attached hydrogen (secondary N) is 2. The Kier molecular flexibility index (Phi) is 5.60. The molecule has 0 spiro atoms. The lowest BCUT2D eigenvalue weighted by Crippen LogP contribution is -3.10. The molecule has 2 aromatic carbocycles. The Morgan fingerprint density at radius 1 is 0.964 bits per heavy atom. The lowest BCUT2D eigenvalue weighted by Gasteiger charge is -2.26. The van der Waals surface area contributed by atoms with Crippen LogP contribution >= 0.6 is 11.3 Å². The third kappa shape index (κ3) is 3.75. The van der Waals surface area contributed by atoms with Gasteiger partial charge in [0.15, 0.2) is 0 Å². The number of carbonyl (C=O) groups is 1. The van der Waals surface area contributed by atoms with E-state index < -0.39 is 0 Å². The van der Waals surface area contributed by atoms with Gasteiger partial charge in [-0.15, -0.1) is 11.3 Å². The molecule has 1 aliphatic rings. The van der Waals surface area contributed by atoms with Crippen molar-refractivity contribution in [2.45, 2.75) is 32.7 Å². The number of rotatable bonds is 5. The number of benzene rings is 2. The highest BCUT2D eigenvalue weighted by atomic mass is 32.1. The average Bonchev–Trinajstić information content (AvgIpc) is 3.34. The molecule has 2 heterocycles. The summed E-state index contributed by atoms with van der Waals surface area (Å²) in [6.07, 6.45) is 2.54. The minimum atomic E-state index is -0.0358. The summed E-state index contributed by atoms with van der Waals surface area (Å²) in [6, 6.07) is 20.5. The number of hydrogen-bond donors (Lipinski definition) is 2. The molecule has 3 nitrogen and oxygen atoms in total. The van der Waals surface area contributed by atoms with Gasteiger partial charge in [0.2, 0.25) is 0 Å². The molecule has 1 fully saturated rings. The van der Waals surface area contributed by atoms with E-state index in [0.29, 0.717) is 5.56 Å². The fourth-order valence-corrected chi connectivity index (χ4v) is 5.31. The Morgan fingerprint density at radius 3 is 2.21 bits per heavy atom. The van der Waals surface area contributed by atoms with Crippen LogP contribution in [0.1, 0.15) is 50.8 Å². The Morgan fingerprint density at radius 2 is 1.57 bits per heavy atom. The van der Waals surface area contributed by atoms with Crippen molar-refractivity contribution in [1.82, 2.24) is 0 Å². The number of likely N-dealkylation sites (tertiary alicyclic amines) is 1. The van der Waals surface area contributed by atoms with E-state index in [-0.39, 0.29) is 11.9 Å². The summed E-state index contributed by atoms with van der Waals surface area (Å²) in [7, 11) is 0. The van der Waals surface area contributed by atoms with Crippen molar-refractivity contribution >= 4 is 22.2 Å². The number of aryl methyl sites for hydroxylation is 1. The van der Waals surface area contributed by atoms with Crippen LogP contribution in [0.4, 0.5) is 5.00 Å². The number of anilines is 1. The van der Waals surface area contributed by atoms with Crippen molar-refractivity contribution in [2.75, 3.05) is 18.4 Å². The number of amides is 1. The zero-order valence-corrected chi connectivity index (χ0v) is 17.3. The fraction of sp³-hybridized carbons (Fsp3) is 0.292. The second-order valence-electron chi connectivity index (χ2n) is 7.56. The maximum Gasteiger partial charge on any atom is 0.256 e. The van der Waals surface area contributed by atoms with Gasteiger partial charge in [0.05, 0.1) is 18.7 Å². The summed E-state index contributed by atoms with van der Waals surface area (Å²) in [4.78, 5) is 15.7. The van der Waals surface area contributed by atoms with E-state index in [0.717, 1.165) is 5.00 Å². The highest BCUT2D eigenvalue weighted by Gasteiger charge is 2.34.